The number of allylic oxidation sites excluding steroid dienone is 3. The van der Waals surface area contributed by atoms with E-state index in [1.807, 2.05) is 0 Å². The van der Waals surface area contributed by atoms with Gasteiger partial charge in [0.2, 0.25) is 0 Å². The summed E-state index contributed by atoms with van der Waals surface area (Å²) < 4.78 is 0. The highest BCUT2D eigenvalue weighted by Gasteiger charge is 2.24. The van der Waals surface area contributed by atoms with Gasteiger partial charge in [0.15, 0.2) is 0 Å². The van der Waals surface area contributed by atoms with Crippen molar-refractivity contribution in [2.75, 3.05) is 0 Å². The van der Waals surface area contributed by atoms with Crippen molar-refractivity contribution in [3.8, 4) is 0 Å². The van der Waals surface area contributed by atoms with E-state index in [1.54, 1.807) is 0 Å². The minimum atomic E-state index is 0.294. The molecule has 0 fully saturated rings. The Morgan fingerprint density at radius 2 is 1.80 bits per heavy atom. The van der Waals surface area contributed by atoms with Gasteiger partial charge in [0.1, 0.15) is 0 Å². The monoisotopic (exact) mass is 275 g/mol. The van der Waals surface area contributed by atoms with Crippen LogP contribution in [0.15, 0.2) is 29.3 Å². The molecule has 1 nitrogen and oxygen atoms in total. The second kappa shape index (κ2) is 9.96. The van der Waals surface area contributed by atoms with E-state index >= 15 is 0 Å². The van der Waals surface area contributed by atoms with Crippen molar-refractivity contribution in [1.29, 1.82) is 0 Å². The van der Waals surface area contributed by atoms with Gasteiger partial charge >= 0.3 is 0 Å². The second-order valence-electron chi connectivity index (χ2n) is 6.12. The third-order valence-electron chi connectivity index (χ3n) is 4.53. The van der Waals surface area contributed by atoms with Gasteiger partial charge in [-0.25, -0.2) is 0 Å². The summed E-state index contributed by atoms with van der Waals surface area (Å²) in [6.45, 7) is 6.86. The highest BCUT2D eigenvalue weighted by Crippen LogP contribution is 2.32. The Morgan fingerprint density at radius 3 is 2.45 bits per heavy atom. The molecule has 1 aliphatic rings. The van der Waals surface area contributed by atoms with Crippen LogP contribution in [0.5, 0.6) is 0 Å². The van der Waals surface area contributed by atoms with Crippen molar-refractivity contribution in [3.63, 3.8) is 0 Å². The summed E-state index contributed by atoms with van der Waals surface area (Å²) in [5, 5.41) is 0. The minimum Gasteiger partial charge on any atom is -0.293 e. The Bertz CT molecular complexity index is 327. The van der Waals surface area contributed by atoms with Crippen LogP contribution in [0.4, 0.5) is 0 Å². The van der Waals surface area contributed by atoms with Crippen LogP contribution in [0.25, 0.3) is 0 Å². The van der Waals surface area contributed by atoms with Gasteiger partial charge in [-0.3, -0.25) is 4.99 Å². The zero-order valence-corrected chi connectivity index (χ0v) is 13.8. The molecular formula is C19H33N. The van der Waals surface area contributed by atoms with Gasteiger partial charge in [-0.15, -0.1) is 0 Å². The zero-order chi connectivity index (χ0) is 14.7. The number of rotatable bonds is 5. The van der Waals surface area contributed by atoms with Crippen LogP contribution >= 0.6 is 0 Å². The van der Waals surface area contributed by atoms with Gasteiger partial charge in [-0.1, -0.05) is 57.9 Å². The van der Waals surface area contributed by atoms with E-state index < -0.39 is 0 Å². The Kier molecular flexibility index (Phi) is 8.57. The lowest BCUT2D eigenvalue weighted by molar-refractivity contribution is 0.368. The third kappa shape index (κ3) is 6.07. The second-order valence-corrected chi connectivity index (χ2v) is 6.12. The Hall–Kier alpha value is -0.850. The van der Waals surface area contributed by atoms with Gasteiger partial charge in [0, 0.05) is 11.6 Å². The van der Waals surface area contributed by atoms with Crippen molar-refractivity contribution < 1.29 is 0 Å². The SMILES string of the molecule is CCCCC1(CC)/C=N/C(CC)C/C=C/CC/C=C/C1. The van der Waals surface area contributed by atoms with E-state index in [0.29, 0.717) is 11.5 Å². The molecule has 114 valence electrons. The molecular weight excluding hydrogens is 242 g/mol. The molecule has 0 bridgehead atoms. The maximum absolute atomic E-state index is 4.94. The molecule has 1 rings (SSSR count). The molecule has 0 N–H and O–H groups in total. The molecule has 1 heterocycles. The van der Waals surface area contributed by atoms with Gasteiger partial charge in [0.05, 0.1) is 6.04 Å². The molecule has 0 aromatic carbocycles. The van der Waals surface area contributed by atoms with Crippen LogP contribution in [-0.4, -0.2) is 12.3 Å². The summed E-state index contributed by atoms with van der Waals surface area (Å²) in [5.41, 5.74) is 0.294. The fraction of sp³-hybridized carbons (Fsp3) is 0.737. The number of unbranched alkanes of at least 4 members (excludes halogenated alkanes) is 1. The first-order valence-electron chi connectivity index (χ1n) is 8.60. The molecule has 2 unspecified atom stereocenters. The van der Waals surface area contributed by atoms with Crippen LogP contribution in [-0.2, 0) is 0 Å². The van der Waals surface area contributed by atoms with Crippen molar-refractivity contribution in [3.05, 3.63) is 24.3 Å². The maximum atomic E-state index is 4.94. The first-order chi connectivity index (χ1) is 9.76. The van der Waals surface area contributed by atoms with Crippen LogP contribution < -0.4 is 0 Å². The summed E-state index contributed by atoms with van der Waals surface area (Å²) in [5.74, 6) is 0. The van der Waals surface area contributed by atoms with E-state index in [-0.39, 0.29) is 0 Å². The predicted molar refractivity (Wildman–Crippen MR) is 91.6 cm³/mol. The van der Waals surface area contributed by atoms with E-state index in [9.17, 15) is 0 Å². The fourth-order valence-electron chi connectivity index (χ4n) is 2.76. The van der Waals surface area contributed by atoms with Crippen LogP contribution in [0, 0.1) is 5.41 Å². The third-order valence-corrected chi connectivity index (χ3v) is 4.53. The number of hydrogen-bond donors (Lipinski definition) is 0. The lowest BCUT2D eigenvalue weighted by atomic mass is 9.78. The van der Waals surface area contributed by atoms with Gasteiger partial charge in [-0.05, 0) is 44.9 Å². The van der Waals surface area contributed by atoms with Crippen molar-refractivity contribution in [2.24, 2.45) is 10.4 Å². The summed E-state index contributed by atoms with van der Waals surface area (Å²) in [6, 6.07) is 0.474. The van der Waals surface area contributed by atoms with Crippen LogP contribution in [0.3, 0.4) is 0 Å². The summed E-state index contributed by atoms with van der Waals surface area (Å²) >= 11 is 0. The maximum Gasteiger partial charge on any atom is 0.0527 e. The van der Waals surface area contributed by atoms with Crippen molar-refractivity contribution in [1.82, 2.24) is 0 Å². The average Bonchev–Trinajstić information content (AvgIpc) is 2.47. The summed E-state index contributed by atoms with van der Waals surface area (Å²) in [7, 11) is 0. The summed E-state index contributed by atoms with van der Waals surface area (Å²) in [4.78, 5) is 4.94. The van der Waals surface area contributed by atoms with E-state index in [1.165, 1.54) is 38.5 Å². The van der Waals surface area contributed by atoms with Gasteiger partial charge < -0.3 is 0 Å². The Balaban J connectivity index is 2.87. The highest BCUT2D eigenvalue weighted by molar-refractivity contribution is 5.66. The predicted octanol–water partition coefficient (Wildman–Crippen LogP) is 6.11. The van der Waals surface area contributed by atoms with Crippen LogP contribution in [0.1, 0.15) is 78.6 Å². The normalized spacial score (nSPS) is 32.9. The molecule has 1 aliphatic heterocycles. The van der Waals surface area contributed by atoms with E-state index in [0.717, 1.165) is 19.3 Å². The quantitative estimate of drug-likeness (QED) is 0.537. The molecule has 20 heavy (non-hydrogen) atoms. The molecule has 0 amide bonds. The summed E-state index contributed by atoms with van der Waals surface area (Å²) in [6.07, 6.45) is 22.5. The Labute approximate surface area is 126 Å². The number of nitrogens with zero attached hydrogens (tertiary/aromatic N) is 1. The lowest BCUT2D eigenvalue weighted by Crippen LogP contribution is -2.22. The number of aliphatic imine (C=N–C) groups is 1. The molecule has 0 aromatic heterocycles. The van der Waals surface area contributed by atoms with Crippen molar-refractivity contribution in [2.45, 2.75) is 84.6 Å². The average molecular weight is 275 g/mol. The molecule has 0 aromatic rings. The molecule has 0 saturated heterocycles. The van der Waals surface area contributed by atoms with E-state index in [4.69, 9.17) is 4.99 Å². The largest absolute Gasteiger partial charge is 0.293 e. The Morgan fingerprint density at radius 1 is 1.05 bits per heavy atom. The topological polar surface area (TPSA) is 12.4 Å². The highest BCUT2D eigenvalue weighted by atomic mass is 14.8. The van der Waals surface area contributed by atoms with Gasteiger partial charge in [0.25, 0.3) is 0 Å². The van der Waals surface area contributed by atoms with Gasteiger partial charge in [-0.2, -0.15) is 0 Å². The fourth-order valence-corrected chi connectivity index (χ4v) is 2.76. The molecule has 0 aliphatic carbocycles. The molecule has 0 radical (unpaired) electrons. The molecule has 0 saturated carbocycles. The first kappa shape index (κ1) is 17.2. The standard InChI is InChI=1S/C19H33N/c1-4-7-15-19(6-3)16-13-11-9-8-10-12-14-18(5-2)20-17-19/h10-13,17-18H,4-9,14-16H2,1-3H3/b12-10+,13-11+,20-17+. The molecule has 0 spiro atoms. The first-order valence-corrected chi connectivity index (χ1v) is 8.60. The molecule has 1 heteroatoms. The van der Waals surface area contributed by atoms with E-state index in [2.05, 4.69) is 51.3 Å². The lowest BCUT2D eigenvalue weighted by Gasteiger charge is -2.28. The minimum absolute atomic E-state index is 0.294. The molecule has 2 atom stereocenters. The number of hydrogen-bond acceptors (Lipinski definition) is 1. The van der Waals surface area contributed by atoms with Crippen LogP contribution in [0.2, 0.25) is 0 Å². The van der Waals surface area contributed by atoms with Crippen molar-refractivity contribution >= 4 is 6.21 Å². The smallest absolute Gasteiger partial charge is 0.0527 e. The zero-order valence-electron chi connectivity index (χ0n) is 13.8.